The minimum atomic E-state index is -4.80. The molecule has 4 amide bonds. The van der Waals surface area contributed by atoms with E-state index >= 15 is 0 Å². The molecular weight excluding hydrogens is 577 g/mol. The molecular formula is C26H18ClF3N2O7S. The van der Waals surface area contributed by atoms with Crippen molar-refractivity contribution in [3.05, 3.63) is 87.9 Å². The van der Waals surface area contributed by atoms with E-state index in [1.165, 1.54) is 37.4 Å². The van der Waals surface area contributed by atoms with Gasteiger partial charge in [0, 0.05) is 0 Å². The van der Waals surface area contributed by atoms with Crippen molar-refractivity contribution in [2.24, 2.45) is 0 Å². The summed E-state index contributed by atoms with van der Waals surface area (Å²) in [6, 6.07) is 10.5. The summed E-state index contributed by atoms with van der Waals surface area (Å²) < 4.78 is 75.5. The van der Waals surface area contributed by atoms with Gasteiger partial charge >= 0.3 is 22.3 Å². The van der Waals surface area contributed by atoms with Gasteiger partial charge in [-0.15, -0.1) is 0 Å². The number of hydrogen-bond donors (Lipinski definition) is 1. The van der Waals surface area contributed by atoms with Gasteiger partial charge in [0.25, 0.3) is 11.8 Å². The number of urea groups is 1. The topological polar surface area (TPSA) is 119 Å². The number of nitrogens with one attached hydrogen (secondary N) is 1. The molecule has 1 N–H and O–H groups in total. The number of ether oxygens (including phenoxy) is 1. The van der Waals surface area contributed by atoms with Gasteiger partial charge in [-0.05, 0) is 61.0 Å². The van der Waals surface area contributed by atoms with Crippen molar-refractivity contribution in [2.75, 3.05) is 12.0 Å². The highest BCUT2D eigenvalue weighted by Crippen LogP contribution is 2.37. The molecule has 1 aliphatic heterocycles. The number of carbonyl (C=O) groups excluding carboxylic acids is 3. The molecule has 1 fully saturated rings. The molecule has 0 atom stereocenters. The largest absolute Gasteiger partial charge is 0.493 e. The molecule has 9 nitrogen and oxygen atoms in total. The van der Waals surface area contributed by atoms with Gasteiger partial charge in [-0.2, -0.15) is 21.6 Å². The SMILES string of the molecule is COc1cc(/C=C2/C(=O)NC(=O)N(c3cc(C(F)(F)F)ccc3Cl)C2=O)ccc1OS(=O)(=O)c1ccc(C)cc1. The fraction of sp³-hybridized carbons (Fsp3) is 0.115. The molecule has 0 bridgehead atoms. The molecule has 14 heteroatoms. The molecule has 3 aromatic rings. The Morgan fingerprint density at radius 2 is 1.62 bits per heavy atom. The number of imide groups is 2. The van der Waals surface area contributed by atoms with E-state index in [-0.39, 0.29) is 27.0 Å². The van der Waals surface area contributed by atoms with Crippen molar-refractivity contribution in [2.45, 2.75) is 18.0 Å². The maximum absolute atomic E-state index is 13.2. The molecule has 0 saturated carbocycles. The van der Waals surface area contributed by atoms with Crippen LogP contribution in [0.5, 0.6) is 11.5 Å². The third kappa shape index (κ3) is 5.80. The summed E-state index contributed by atoms with van der Waals surface area (Å²) in [4.78, 5) is 38.3. The van der Waals surface area contributed by atoms with Crippen LogP contribution in [0.25, 0.3) is 6.08 Å². The molecule has 1 aliphatic rings. The number of aryl methyl sites for hydroxylation is 1. The van der Waals surface area contributed by atoms with Crippen molar-refractivity contribution >= 4 is 51.3 Å². The number of barbiturate groups is 1. The predicted octanol–water partition coefficient (Wildman–Crippen LogP) is 5.11. The van der Waals surface area contributed by atoms with Gasteiger partial charge in [-0.25, -0.2) is 9.69 Å². The fourth-order valence-electron chi connectivity index (χ4n) is 3.62. The quantitative estimate of drug-likeness (QED) is 0.239. The van der Waals surface area contributed by atoms with Crippen LogP contribution in [0.15, 0.2) is 71.1 Å². The molecule has 0 aromatic heterocycles. The smallest absolute Gasteiger partial charge is 0.416 e. The molecule has 0 aliphatic carbocycles. The predicted molar refractivity (Wildman–Crippen MR) is 137 cm³/mol. The van der Waals surface area contributed by atoms with Crippen LogP contribution >= 0.6 is 11.6 Å². The maximum atomic E-state index is 13.2. The lowest BCUT2D eigenvalue weighted by Gasteiger charge is -2.27. The van der Waals surface area contributed by atoms with Gasteiger partial charge < -0.3 is 8.92 Å². The summed E-state index contributed by atoms with van der Waals surface area (Å²) in [6.07, 6.45) is -3.75. The zero-order chi connectivity index (χ0) is 29.4. The molecule has 0 spiro atoms. The molecule has 4 rings (SSSR count). The summed E-state index contributed by atoms with van der Waals surface area (Å²) in [5, 5.41) is 1.55. The van der Waals surface area contributed by atoms with Crippen LogP contribution in [0, 0.1) is 6.92 Å². The summed E-state index contributed by atoms with van der Waals surface area (Å²) in [5.74, 6) is -2.63. The number of anilines is 1. The highest BCUT2D eigenvalue weighted by atomic mass is 35.5. The first kappa shape index (κ1) is 28.6. The van der Waals surface area contributed by atoms with Crippen molar-refractivity contribution in [3.8, 4) is 11.5 Å². The second-order valence-corrected chi connectivity index (χ2v) is 10.3. The highest BCUT2D eigenvalue weighted by Gasteiger charge is 2.39. The van der Waals surface area contributed by atoms with Crippen LogP contribution in [0.1, 0.15) is 16.7 Å². The second kappa shape index (κ2) is 10.7. The standard InChI is InChI=1S/C26H18ClF3N2O7S/c1-14-3-7-17(8-4-14)40(36,37)39-21-10-5-15(12-22(21)38-2)11-18-23(33)31-25(35)32(24(18)34)20-13-16(26(28,29)30)6-9-19(20)27/h3-13H,1-2H3,(H,31,33,35)/b18-11-. The van der Waals surface area contributed by atoms with Gasteiger partial charge in [0.05, 0.1) is 23.4 Å². The van der Waals surface area contributed by atoms with E-state index in [0.717, 1.165) is 17.7 Å². The number of halogens is 4. The van der Waals surface area contributed by atoms with E-state index in [2.05, 4.69) is 0 Å². The first-order valence-corrected chi connectivity index (χ1v) is 13.0. The maximum Gasteiger partial charge on any atom is 0.416 e. The van der Waals surface area contributed by atoms with Gasteiger partial charge in [0.2, 0.25) is 0 Å². The van der Waals surface area contributed by atoms with Crippen molar-refractivity contribution < 1.29 is 44.9 Å². The summed E-state index contributed by atoms with van der Waals surface area (Å²) >= 11 is 5.99. The molecule has 0 unspecified atom stereocenters. The first-order chi connectivity index (χ1) is 18.7. The number of carbonyl (C=O) groups is 3. The molecule has 3 aromatic carbocycles. The Labute approximate surface area is 230 Å². The Morgan fingerprint density at radius 1 is 0.950 bits per heavy atom. The molecule has 40 heavy (non-hydrogen) atoms. The number of amides is 4. The molecule has 1 saturated heterocycles. The number of rotatable bonds is 6. The van der Waals surface area contributed by atoms with Crippen LogP contribution in [-0.4, -0.2) is 33.4 Å². The summed E-state index contributed by atoms with van der Waals surface area (Å²) in [5.41, 5.74) is -1.39. The number of methoxy groups -OCH3 is 1. The van der Waals surface area contributed by atoms with Gasteiger partial charge in [0.15, 0.2) is 11.5 Å². The lowest BCUT2D eigenvalue weighted by molar-refractivity contribution is -0.137. The Kier molecular flexibility index (Phi) is 7.63. The zero-order valence-electron chi connectivity index (χ0n) is 20.6. The van der Waals surface area contributed by atoms with Crippen LogP contribution in [0.2, 0.25) is 5.02 Å². The highest BCUT2D eigenvalue weighted by molar-refractivity contribution is 7.87. The van der Waals surface area contributed by atoms with Gasteiger partial charge in [-0.1, -0.05) is 35.4 Å². The monoisotopic (exact) mass is 594 g/mol. The molecule has 208 valence electrons. The lowest BCUT2D eigenvalue weighted by Crippen LogP contribution is -2.54. The fourth-order valence-corrected chi connectivity index (χ4v) is 4.76. The zero-order valence-corrected chi connectivity index (χ0v) is 22.1. The number of benzene rings is 3. The Morgan fingerprint density at radius 3 is 2.25 bits per heavy atom. The average molecular weight is 595 g/mol. The number of nitrogens with zero attached hydrogens (tertiary/aromatic N) is 1. The van der Waals surface area contributed by atoms with E-state index in [0.29, 0.717) is 17.0 Å². The van der Waals surface area contributed by atoms with Crippen LogP contribution < -0.4 is 19.1 Å². The van der Waals surface area contributed by atoms with E-state index < -0.39 is 51.0 Å². The number of hydrogen-bond acceptors (Lipinski definition) is 7. The summed E-state index contributed by atoms with van der Waals surface area (Å²) in [7, 11) is -3.00. The van der Waals surface area contributed by atoms with Gasteiger partial charge in [-0.3, -0.25) is 14.9 Å². The minimum Gasteiger partial charge on any atom is -0.493 e. The third-order valence-electron chi connectivity index (χ3n) is 5.62. The van der Waals surface area contributed by atoms with E-state index in [1.54, 1.807) is 19.1 Å². The van der Waals surface area contributed by atoms with E-state index in [1.807, 2.05) is 5.32 Å². The van der Waals surface area contributed by atoms with Crippen molar-refractivity contribution in [1.82, 2.24) is 5.32 Å². The average Bonchev–Trinajstić information content (AvgIpc) is 2.87. The normalized spacial score (nSPS) is 15.3. The summed E-state index contributed by atoms with van der Waals surface area (Å²) in [6.45, 7) is 1.79. The van der Waals surface area contributed by atoms with Crippen molar-refractivity contribution in [3.63, 3.8) is 0 Å². The van der Waals surface area contributed by atoms with E-state index in [9.17, 15) is 36.0 Å². The number of alkyl halides is 3. The van der Waals surface area contributed by atoms with Gasteiger partial charge in [0.1, 0.15) is 10.5 Å². The van der Waals surface area contributed by atoms with Crippen molar-refractivity contribution in [1.29, 1.82) is 0 Å². The molecule has 1 heterocycles. The first-order valence-electron chi connectivity index (χ1n) is 11.2. The van der Waals surface area contributed by atoms with Crippen LogP contribution in [0.3, 0.4) is 0 Å². The Bertz CT molecular complexity index is 1670. The lowest BCUT2D eigenvalue weighted by atomic mass is 10.1. The third-order valence-corrected chi connectivity index (χ3v) is 7.19. The van der Waals surface area contributed by atoms with Crippen LogP contribution in [0.4, 0.5) is 23.7 Å². The molecule has 0 radical (unpaired) electrons. The van der Waals surface area contributed by atoms with E-state index in [4.69, 9.17) is 20.5 Å². The minimum absolute atomic E-state index is 0.0810. The second-order valence-electron chi connectivity index (χ2n) is 8.38. The Balaban J connectivity index is 1.68. The Hall–Kier alpha value is -4.36. The van der Waals surface area contributed by atoms with Crippen LogP contribution in [-0.2, 0) is 25.9 Å².